The number of nitrogens with one attached hydrogen (secondary N) is 2. The van der Waals surface area contributed by atoms with Gasteiger partial charge in [0.15, 0.2) is 0 Å². The van der Waals surface area contributed by atoms with Gasteiger partial charge in [-0.25, -0.2) is 0 Å². The summed E-state index contributed by atoms with van der Waals surface area (Å²) in [5.41, 5.74) is 3.16. The summed E-state index contributed by atoms with van der Waals surface area (Å²) in [5, 5.41) is 18.7. The molecule has 0 atom stereocenters. The number of fused-ring (bicyclic) bond motifs is 1. The zero-order valence-electron chi connectivity index (χ0n) is 13.4. The van der Waals surface area contributed by atoms with Crippen LogP contribution in [0.25, 0.3) is 11.3 Å². The summed E-state index contributed by atoms with van der Waals surface area (Å²) in [5.74, 6) is 0.601. The highest BCUT2D eigenvalue weighted by atomic mass is 32.1. The molecule has 0 unspecified atom stereocenters. The molecule has 0 spiro atoms. The lowest BCUT2D eigenvalue weighted by molar-refractivity contribution is 0.102. The molecule has 1 amide bonds. The van der Waals surface area contributed by atoms with E-state index in [9.17, 15) is 4.79 Å². The van der Waals surface area contributed by atoms with Crippen molar-refractivity contribution in [2.24, 2.45) is 0 Å². The van der Waals surface area contributed by atoms with E-state index in [1.54, 1.807) is 13.2 Å². The second kappa shape index (κ2) is 6.61. The fourth-order valence-electron chi connectivity index (χ4n) is 2.58. The average molecular weight is 357 g/mol. The molecule has 9 heteroatoms. The van der Waals surface area contributed by atoms with Crippen molar-refractivity contribution in [3.05, 3.63) is 40.5 Å². The van der Waals surface area contributed by atoms with Crippen LogP contribution in [0.15, 0.2) is 24.3 Å². The Morgan fingerprint density at radius 2 is 2.32 bits per heavy atom. The zero-order valence-corrected chi connectivity index (χ0v) is 14.2. The molecule has 3 heterocycles. The van der Waals surface area contributed by atoms with E-state index < -0.39 is 0 Å². The number of aromatic amines is 1. The van der Waals surface area contributed by atoms with Crippen LogP contribution in [0.1, 0.15) is 21.1 Å². The number of hydrogen-bond acceptors (Lipinski definition) is 7. The quantitative estimate of drug-likeness (QED) is 0.726. The molecule has 4 rings (SSSR count). The maximum Gasteiger partial charge on any atom is 0.275 e. The van der Waals surface area contributed by atoms with Gasteiger partial charge in [0.25, 0.3) is 5.91 Å². The molecule has 0 saturated carbocycles. The molecule has 1 aliphatic rings. The first kappa shape index (κ1) is 15.7. The molecule has 1 aromatic carbocycles. The summed E-state index contributed by atoms with van der Waals surface area (Å²) in [6, 6.07) is 7.63. The van der Waals surface area contributed by atoms with Gasteiger partial charge in [-0.15, -0.1) is 10.2 Å². The van der Waals surface area contributed by atoms with Crippen LogP contribution >= 0.6 is 11.3 Å². The number of nitrogens with zero attached hydrogens (tertiary/aromatic N) is 3. The predicted molar refractivity (Wildman–Crippen MR) is 91.8 cm³/mol. The average Bonchev–Trinajstić information content (AvgIpc) is 3.35. The molecule has 0 aliphatic carbocycles. The minimum absolute atomic E-state index is 0.316. The summed E-state index contributed by atoms with van der Waals surface area (Å²) >= 11 is 1.27. The van der Waals surface area contributed by atoms with Gasteiger partial charge in [-0.2, -0.15) is 5.10 Å². The fraction of sp³-hybridized carbons (Fsp3) is 0.250. The molecule has 0 radical (unpaired) electrons. The lowest BCUT2D eigenvalue weighted by Gasteiger charge is -2.00. The van der Waals surface area contributed by atoms with E-state index in [1.165, 1.54) is 11.3 Å². The van der Waals surface area contributed by atoms with Gasteiger partial charge in [0.05, 0.1) is 12.3 Å². The van der Waals surface area contributed by atoms with E-state index in [1.807, 2.05) is 18.2 Å². The number of carbonyl (C=O) groups excluding carboxylic acids is 1. The standard InChI is InChI=1S/C16H15N5O3S/c1-23-8-14-20-21-16(25-14)17-15(22)12-7-11(18-19-12)9-2-3-13-10(6-9)4-5-24-13/h2-3,6-7H,4-5,8H2,1H3,(H,18,19)(H,17,21,22). The number of rotatable bonds is 5. The number of hydrogen-bond donors (Lipinski definition) is 2. The summed E-state index contributed by atoms with van der Waals surface area (Å²) in [6.07, 6.45) is 0.891. The molecule has 3 aromatic rings. The lowest BCUT2D eigenvalue weighted by Crippen LogP contribution is -2.12. The number of aromatic nitrogens is 4. The van der Waals surface area contributed by atoms with E-state index in [2.05, 4.69) is 25.7 Å². The van der Waals surface area contributed by atoms with Crippen LogP contribution in [-0.4, -0.2) is 40.0 Å². The molecule has 0 fully saturated rings. The number of amides is 1. The van der Waals surface area contributed by atoms with Crippen LogP contribution in [0.3, 0.4) is 0 Å². The third-order valence-electron chi connectivity index (χ3n) is 3.76. The predicted octanol–water partition coefficient (Wildman–Crippen LogP) is 2.26. The van der Waals surface area contributed by atoms with Crippen molar-refractivity contribution in [2.75, 3.05) is 19.0 Å². The lowest BCUT2D eigenvalue weighted by atomic mass is 10.1. The normalized spacial score (nSPS) is 12.7. The molecule has 2 aromatic heterocycles. The molecule has 25 heavy (non-hydrogen) atoms. The second-order valence-electron chi connectivity index (χ2n) is 5.48. The maximum atomic E-state index is 12.3. The van der Waals surface area contributed by atoms with Crippen molar-refractivity contribution in [2.45, 2.75) is 13.0 Å². The number of ether oxygens (including phenoxy) is 2. The Morgan fingerprint density at radius 1 is 1.40 bits per heavy atom. The molecule has 0 bridgehead atoms. The Hall–Kier alpha value is -2.78. The Kier molecular flexibility index (Phi) is 4.16. The molecule has 2 N–H and O–H groups in total. The minimum Gasteiger partial charge on any atom is -0.493 e. The van der Waals surface area contributed by atoms with Crippen LogP contribution in [0.2, 0.25) is 0 Å². The Morgan fingerprint density at radius 3 is 3.20 bits per heavy atom. The van der Waals surface area contributed by atoms with Gasteiger partial charge >= 0.3 is 0 Å². The van der Waals surface area contributed by atoms with Crippen LogP contribution in [-0.2, 0) is 17.8 Å². The highest BCUT2D eigenvalue weighted by Gasteiger charge is 2.16. The van der Waals surface area contributed by atoms with E-state index in [-0.39, 0.29) is 5.91 Å². The van der Waals surface area contributed by atoms with E-state index in [0.717, 1.165) is 23.3 Å². The van der Waals surface area contributed by atoms with Crippen molar-refractivity contribution >= 4 is 22.4 Å². The summed E-state index contributed by atoms with van der Waals surface area (Å²) < 4.78 is 10.5. The second-order valence-corrected chi connectivity index (χ2v) is 6.54. The van der Waals surface area contributed by atoms with E-state index >= 15 is 0 Å². The first-order valence-corrected chi connectivity index (χ1v) is 8.49. The molecule has 0 saturated heterocycles. The minimum atomic E-state index is -0.316. The smallest absolute Gasteiger partial charge is 0.275 e. The number of methoxy groups -OCH3 is 1. The topological polar surface area (TPSA) is 102 Å². The van der Waals surface area contributed by atoms with E-state index in [0.29, 0.717) is 34.7 Å². The number of H-pyrrole nitrogens is 1. The van der Waals surface area contributed by atoms with Gasteiger partial charge in [0.2, 0.25) is 5.13 Å². The number of benzene rings is 1. The Labute approximate surface area is 147 Å². The molecule has 8 nitrogen and oxygen atoms in total. The highest BCUT2D eigenvalue weighted by molar-refractivity contribution is 7.15. The van der Waals surface area contributed by atoms with Gasteiger partial charge in [-0.3, -0.25) is 15.2 Å². The third-order valence-corrected chi connectivity index (χ3v) is 4.58. The van der Waals surface area contributed by atoms with Gasteiger partial charge in [-0.1, -0.05) is 11.3 Å². The molecular formula is C16H15N5O3S. The van der Waals surface area contributed by atoms with Gasteiger partial charge in [-0.05, 0) is 29.8 Å². The summed E-state index contributed by atoms with van der Waals surface area (Å²) in [7, 11) is 1.58. The monoisotopic (exact) mass is 357 g/mol. The highest BCUT2D eigenvalue weighted by Crippen LogP contribution is 2.30. The van der Waals surface area contributed by atoms with E-state index in [4.69, 9.17) is 9.47 Å². The van der Waals surface area contributed by atoms with Crippen molar-refractivity contribution < 1.29 is 14.3 Å². The third kappa shape index (κ3) is 3.24. The number of anilines is 1. The SMILES string of the molecule is COCc1nnc(NC(=O)c2cc(-c3ccc4c(c3)CCO4)n[nH]2)s1. The van der Waals surface area contributed by atoms with Gasteiger partial charge < -0.3 is 9.47 Å². The molecule has 1 aliphatic heterocycles. The van der Waals surface area contributed by atoms with Gasteiger partial charge in [0, 0.05) is 19.1 Å². The largest absolute Gasteiger partial charge is 0.493 e. The van der Waals surface area contributed by atoms with Crippen molar-refractivity contribution in [1.29, 1.82) is 0 Å². The summed E-state index contributed by atoms with van der Waals surface area (Å²) in [4.78, 5) is 12.3. The first-order valence-electron chi connectivity index (χ1n) is 7.67. The first-order chi connectivity index (χ1) is 12.2. The molecular weight excluding hydrogens is 342 g/mol. The van der Waals surface area contributed by atoms with Gasteiger partial charge in [0.1, 0.15) is 23.1 Å². The van der Waals surface area contributed by atoms with Crippen LogP contribution in [0.5, 0.6) is 5.75 Å². The van der Waals surface area contributed by atoms with Crippen molar-refractivity contribution in [3.8, 4) is 17.0 Å². The summed E-state index contributed by atoms with van der Waals surface area (Å²) in [6.45, 7) is 1.07. The molecule has 128 valence electrons. The van der Waals surface area contributed by atoms with Crippen LogP contribution < -0.4 is 10.1 Å². The van der Waals surface area contributed by atoms with Crippen molar-refractivity contribution in [1.82, 2.24) is 20.4 Å². The van der Waals surface area contributed by atoms with Crippen molar-refractivity contribution in [3.63, 3.8) is 0 Å². The van der Waals surface area contributed by atoms with Crippen LogP contribution in [0.4, 0.5) is 5.13 Å². The number of carbonyl (C=O) groups is 1. The fourth-order valence-corrected chi connectivity index (χ4v) is 3.29. The Balaban J connectivity index is 1.49. The maximum absolute atomic E-state index is 12.3. The zero-order chi connectivity index (χ0) is 17.2. The Bertz CT molecular complexity index is 920. The van der Waals surface area contributed by atoms with Crippen LogP contribution in [0, 0.1) is 0 Å².